The normalized spacial score (nSPS) is 18.5. The highest BCUT2D eigenvalue weighted by molar-refractivity contribution is 7.89. The van der Waals surface area contributed by atoms with E-state index in [2.05, 4.69) is 4.72 Å². The van der Waals surface area contributed by atoms with Gasteiger partial charge >= 0.3 is 0 Å². The molecule has 0 bridgehead atoms. The van der Waals surface area contributed by atoms with Crippen molar-refractivity contribution in [3.8, 4) is 11.5 Å². The number of benzene rings is 1. The van der Waals surface area contributed by atoms with Crippen molar-refractivity contribution in [2.45, 2.75) is 81.6 Å². The molecule has 0 saturated heterocycles. The molecule has 1 aromatic carbocycles. The van der Waals surface area contributed by atoms with Gasteiger partial charge in [-0.25, -0.2) is 13.1 Å². The minimum absolute atomic E-state index is 0.00697. The van der Waals surface area contributed by atoms with Crippen LogP contribution in [0.3, 0.4) is 0 Å². The Hall–Kier alpha value is -1.27. The van der Waals surface area contributed by atoms with Gasteiger partial charge in [-0.15, -0.1) is 0 Å². The van der Waals surface area contributed by atoms with Crippen LogP contribution in [0.1, 0.15) is 70.6 Å². The second kappa shape index (κ2) is 10.8. The van der Waals surface area contributed by atoms with Gasteiger partial charge in [0.15, 0.2) is 11.5 Å². The second-order valence-electron chi connectivity index (χ2n) is 7.09. The molecule has 0 unspecified atom stereocenters. The molecule has 1 N–H and O–H groups in total. The van der Waals surface area contributed by atoms with Gasteiger partial charge in [0.25, 0.3) is 0 Å². The van der Waals surface area contributed by atoms with Crippen molar-refractivity contribution in [1.29, 1.82) is 0 Å². The summed E-state index contributed by atoms with van der Waals surface area (Å²) in [6.45, 7) is 0. The number of rotatable bonds is 5. The van der Waals surface area contributed by atoms with Gasteiger partial charge < -0.3 is 9.47 Å². The average molecular weight is 384 g/mol. The summed E-state index contributed by atoms with van der Waals surface area (Å²) in [6.07, 6.45) is 12.8. The predicted octanol–water partition coefficient (Wildman–Crippen LogP) is 4.66. The molecule has 0 radical (unpaired) electrons. The Morgan fingerprint density at radius 2 is 1.31 bits per heavy atom. The molecule has 0 amide bonds. The summed E-state index contributed by atoms with van der Waals surface area (Å²) in [7, 11) is -0.523. The highest BCUT2D eigenvalue weighted by Crippen LogP contribution is 2.29. The Bertz CT molecular complexity index is 633. The van der Waals surface area contributed by atoms with Crippen LogP contribution in [0.4, 0.5) is 0 Å². The molecule has 2 rings (SSSR count). The van der Waals surface area contributed by atoms with Gasteiger partial charge in [-0.3, -0.25) is 0 Å². The van der Waals surface area contributed by atoms with Crippen molar-refractivity contribution >= 4 is 10.0 Å². The van der Waals surface area contributed by atoms with E-state index >= 15 is 0 Å². The van der Waals surface area contributed by atoms with E-state index in [1.54, 1.807) is 12.1 Å². The van der Waals surface area contributed by atoms with Gasteiger partial charge in [0.2, 0.25) is 10.0 Å². The van der Waals surface area contributed by atoms with Crippen LogP contribution < -0.4 is 14.2 Å². The zero-order valence-electron chi connectivity index (χ0n) is 16.1. The standard InChI is InChI=1S/C20H33NO4S/c1-24-19-15-14-18(16-20(19)25-2)26(22,23)21-17-12-10-8-6-4-3-5-7-9-11-13-17/h14-17,21H,3-13H2,1-2H3. The third-order valence-electron chi connectivity index (χ3n) is 5.09. The summed E-state index contributed by atoms with van der Waals surface area (Å²) >= 11 is 0. The summed E-state index contributed by atoms with van der Waals surface area (Å²) in [5.74, 6) is 0.950. The Morgan fingerprint density at radius 1 is 0.808 bits per heavy atom. The molecular weight excluding hydrogens is 350 g/mol. The smallest absolute Gasteiger partial charge is 0.240 e. The van der Waals surface area contributed by atoms with Crippen LogP contribution in [0.2, 0.25) is 0 Å². The van der Waals surface area contributed by atoms with E-state index in [4.69, 9.17) is 9.47 Å². The average Bonchev–Trinajstić information content (AvgIpc) is 2.63. The van der Waals surface area contributed by atoms with Crippen LogP contribution in [-0.2, 0) is 10.0 Å². The largest absolute Gasteiger partial charge is 0.493 e. The van der Waals surface area contributed by atoms with Gasteiger partial charge in [-0.2, -0.15) is 0 Å². The van der Waals surface area contributed by atoms with Crippen LogP contribution >= 0.6 is 0 Å². The zero-order chi connectivity index (χ0) is 18.8. The molecule has 0 aliphatic heterocycles. The van der Waals surface area contributed by atoms with Crippen molar-refractivity contribution < 1.29 is 17.9 Å². The Balaban J connectivity index is 2.06. The second-order valence-corrected chi connectivity index (χ2v) is 8.81. The first-order chi connectivity index (χ1) is 12.6. The first-order valence-corrected chi connectivity index (χ1v) is 11.3. The fourth-order valence-electron chi connectivity index (χ4n) is 3.55. The van der Waals surface area contributed by atoms with E-state index in [1.807, 2.05) is 0 Å². The molecule has 6 heteroatoms. The fourth-order valence-corrected chi connectivity index (χ4v) is 4.87. The van der Waals surface area contributed by atoms with E-state index in [1.165, 1.54) is 65.2 Å². The summed E-state index contributed by atoms with van der Waals surface area (Å²) in [4.78, 5) is 0.223. The summed E-state index contributed by atoms with van der Waals surface area (Å²) in [6, 6.07) is 4.73. The van der Waals surface area contributed by atoms with Crippen molar-refractivity contribution in [1.82, 2.24) is 4.72 Å². The first kappa shape index (κ1) is 21.0. The summed E-state index contributed by atoms with van der Waals surface area (Å²) in [5, 5.41) is 0. The first-order valence-electron chi connectivity index (χ1n) is 9.81. The number of nitrogens with one attached hydrogen (secondary N) is 1. The molecule has 1 aliphatic rings. The number of methoxy groups -OCH3 is 2. The van der Waals surface area contributed by atoms with Crippen molar-refractivity contribution in [3.05, 3.63) is 18.2 Å². The predicted molar refractivity (Wildman–Crippen MR) is 104 cm³/mol. The minimum Gasteiger partial charge on any atom is -0.493 e. The topological polar surface area (TPSA) is 64.6 Å². The van der Waals surface area contributed by atoms with Crippen molar-refractivity contribution in [3.63, 3.8) is 0 Å². The number of hydrogen-bond acceptors (Lipinski definition) is 4. The number of ether oxygens (including phenoxy) is 2. The molecular formula is C20H33NO4S. The van der Waals surface area contributed by atoms with Gasteiger partial charge in [0.1, 0.15) is 0 Å². The molecule has 0 spiro atoms. The van der Waals surface area contributed by atoms with E-state index in [0.717, 1.165) is 25.7 Å². The molecule has 5 nitrogen and oxygen atoms in total. The maximum Gasteiger partial charge on any atom is 0.240 e. The minimum atomic E-state index is -3.57. The Kier molecular flexibility index (Phi) is 8.72. The maximum atomic E-state index is 12.8. The Labute approximate surface area is 158 Å². The molecule has 0 atom stereocenters. The molecule has 148 valence electrons. The SMILES string of the molecule is COc1ccc(S(=O)(=O)NC2CCCCCCCCCCC2)cc1OC. The fraction of sp³-hybridized carbons (Fsp3) is 0.700. The van der Waals surface area contributed by atoms with E-state index < -0.39 is 10.0 Å². The van der Waals surface area contributed by atoms with E-state index in [9.17, 15) is 8.42 Å². The molecule has 26 heavy (non-hydrogen) atoms. The van der Waals surface area contributed by atoms with Gasteiger partial charge in [0.05, 0.1) is 19.1 Å². The lowest BCUT2D eigenvalue weighted by Gasteiger charge is -2.20. The molecule has 1 aromatic rings. The van der Waals surface area contributed by atoms with Crippen LogP contribution in [0.5, 0.6) is 11.5 Å². The van der Waals surface area contributed by atoms with Crippen molar-refractivity contribution in [2.24, 2.45) is 0 Å². The summed E-state index contributed by atoms with van der Waals surface area (Å²) in [5.41, 5.74) is 0. The number of hydrogen-bond donors (Lipinski definition) is 1. The zero-order valence-corrected chi connectivity index (χ0v) is 16.9. The van der Waals surface area contributed by atoms with Crippen LogP contribution in [0.15, 0.2) is 23.1 Å². The molecule has 1 saturated carbocycles. The lowest BCUT2D eigenvalue weighted by Crippen LogP contribution is -2.35. The third kappa shape index (κ3) is 6.47. The van der Waals surface area contributed by atoms with Crippen LogP contribution in [0, 0.1) is 0 Å². The highest BCUT2D eigenvalue weighted by Gasteiger charge is 2.21. The molecule has 1 aliphatic carbocycles. The van der Waals surface area contributed by atoms with E-state index in [0.29, 0.717) is 11.5 Å². The lowest BCUT2D eigenvalue weighted by molar-refractivity contribution is 0.353. The maximum absolute atomic E-state index is 12.8. The molecule has 0 heterocycles. The quantitative estimate of drug-likeness (QED) is 0.803. The monoisotopic (exact) mass is 383 g/mol. The van der Waals surface area contributed by atoms with Crippen LogP contribution in [0.25, 0.3) is 0 Å². The highest BCUT2D eigenvalue weighted by atomic mass is 32.2. The Morgan fingerprint density at radius 3 is 1.81 bits per heavy atom. The number of sulfonamides is 1. The van der Waals surface area contributed by atoms with E-state index in [-0.39, 0.29) is 10.9 Å². The van der Waals surface area contributed by atoms with Gasteiger partial charge in [-0.1, -0.05) is 57.8 Å². The molecule has 0 aromatic heterocycles. The van der Waals surface area contributed by atoms with Crippen LogP contribution in [-0.4, -0.2) is 28.7 Å². The lowest BCUT2D eigenvalue weighted by atomic mass is 9.98. The molecule has 1 fully saturated rings. The third-order valence-corrected chi connectivity index (χ3v) is 6.61. The van der Waals surface area contributed by atoms with Gasteiger partial charge in [-0.05, 0) is 25.0 Å². The summed E-state index contributed by atoms with van der Waals surface area (Å²) < 4.78 is 39.0. The van der Waals surface area contributed by atoms with Crippen molar-refractivity contribution in [2.75, 3.05) is 14.2 Å². The van der Waals surface area contributed by atoms with Gasteiger partial charge in [0, 0.05) is 12.1 Å².